The summed E-state index contributed by atoms with van der Waals surface area (Å²) in [6.45, 7) is 2.20. The number of hydrogen-bond donors (Lipinski definition) is 3. The van der Waals surface area contributed by atoms with E-state index in [0.717, 1.165) is 25.9 Å². The highest BCUT2D eigenvalue weighted by Gasteiger charge is 2.30. The highest BCUT2D eigenvalue weighted by Crippen LogP contribution is 2.22. The molecule has 116 valence electrons. The van der Waals surface area contributed by atoms with Gasteiger partial charge in [-0.1, -0.05) is 30.3 Å². The monoisotopic (exact) mass is 299 g/mol. The van der Waals surface area contributed by atoms with Crippen molar-refractivity contribution in [1.82, 2.24) is 21.1 Å². The predicted octanol–water partition coefficient (Wildman–Crippen LogP) is 0.513. The van der Waals surface area contributed by atoms with Crippen LogP contribution in [-0.4, -0.2) is 36.5 Å². The molecular formula is C16H21N5O. The first kappa shape index (κ1) is 14.8. The molecule has 3 rings (SSSR count). The number of hydrazine groups is 1. The first-order valence-corrected chi connectivity index (χ1v) is 7.74. The van der Waals surface area contributed by atoms with Gasteiger partial charge in [0.1, 0.15) is 6.04 Å². The molecule has 3 N–H and O–H groups in total. The van der Waals surface area contributed by atoms with Crippen LogP contribution in [0.25, 0.3) is 0 Å². The molecule has 0 saturated carbocycles. The molecule has 0 radical (unpaired) electrons. The summed E-state index contributed by atoms with van der Waals surface area (Å²) in [5.74, 6) is 0.407. The number of rotatable bonds is 4. The molecule has 0 bridgehead atoms. The quantitative estimate of drug-likeness (QED) is 0.706. The van der Waals surface area contributed by atoms with Gasteiger partial charge in [-0.25, -0.2) is 10.9 Å². The maximum absolute atomic E-state index is 12.2. The van der Waals surface area contributed by atoms with Gasteiger partial charge in [0.2, 0.25) is 5.91 Å². The van der Waals surface area contributed by atoms with Gasteiger partial charge in [0.05, 0.1) is 0 Å². The maximum Gasteiger partial charge on any atom is 0.238 e. The summed E-state index contributed by atoms with van der Waals surface area (Å²) in [6, 6.07) is 10.1. The third-order valence-corrected chi connectivity index (χ3v) is 4.41. The van der Waals surface area contributed by atoms with E-state index in [1.54, 1.807) is 4.90 Å². The summed E-state index contributed by atoms with van der Waals surface area (Å²) in [5, 5.41) is 11.8. The Balaban J connectivity index is 1.45. The molecule has 2 aliphatic heterocycles. The van der Waals surface area contributed by atoms with Crippen molar-refractivity contribution in [2.75, 3.05) is 19.6 Å². The molecule has 0 aromatic heterocycles. The SMILES string of the molecule is N#CN1CCC(CNC(=O)C2CC(c3ccccc3)NN2)C1. The highest BCUT2D eigenvalue weighted by atomic mass is 16.2. The van der Waals surface area contributed by atoms with E-state index in [2.05, 4.69) is 34.5 Å². The minimum absolute atomic E-state index is 0.0290. The highest BCUT2D eigenvalue weighted by molar-refractivity contribution is 5.82. The van der Waals surface area contributed by atoms with E-state index in [-0.39, 0.29) is 18.0 Å². The van der Waals surface area contributed by atoms with Gasteiger partial charge in [0, 0.05) is 25.7 Å². The van der Waals surface area contributed by atoms with Gasteiger partial charge in [-0.15, -0.1) is 0 Å². The first-order valence-electron chi connectivity index (χ1n) is 7.74. The molecule has 1 aromatic rings. The smallest absolute Gasteiger partial charge is 0.238 e. The van der Waals surface area contributed by atoms with Gasteiger partial charge in [-0.3, -0.25) is 4.79 Å². The number of hydrogen-bond acceptors (Lipinski definition) is 5. The minimum atomic E-state index is -0.210. The van der Waals surface area contributed by atoms with E-state index in [1.165, 1.54) is 5.56 Å². The summed E-state index contributed by atoms with van der Waals surface area (Å²) in [7, 11) is 0. The van der Waals surface area contributed by atoms with Crippen molar-refractivity contribution >= 4 is 5.91 Å². The summed E-state index contributed by atoms with van der Waals surface area (Å²) in [5.41, 5.74) is 7.45. The van der Waals surface area contributed by atoms with Gasteiger partial charge in [-0.05, 0) is 24.3 Å². The number of carbonyl (C=O) groups excluding carboxylic acids is 1. The Hall–Kier alpha value is -2.10. The lowest BCUT2D eigenvalue weighted by Crippen LogP contribution is -2.44. The second kappa shape index (κ2) is 6.77. The van der Waals surface area contributed by atoms with E-state index < -0.39 is 0 Å². The fourth-order valence-electron chi connectivity index (χ4n) is 3.09. The van der Waals surface area contributed by atoms with Crippen molar-refractivity contribution in [3.8, 4) is 6.19 Å². The molecule has 2 saturated heterocycles. The second-order valence-electron chi connectivity index (χ2n) is 5.99. The predicted molar refractivity (Wildman–Crippen MR) is 82.2 cm³/mol. The Morgan fingerprint density at radius 3 is 2.91 bits per heavy atom. The fourth-order valence-corrected chi connectivity index (χ4v) is 3.09. The van der Waals surface area contributed by atoms with Crippen LogP contribution in [0, 0.1) is 17.4 Å². The normalized spacial score (nSPS) is 27.6. The van der Waals surface area contributed by atoms with Crippen LogP contribution in [0.3, 0.4) is 0 Å². The van der Waals surface area contributed by atoms with Crippen molar-refractivity contribution in [2.45, 2.75) is 24.9 Å². The van der Waals surface area contributed by atoms with Crippen LogP contribution < -0.4 is 16.2 Å². The van der Waals surface area contributed by atoms with Crippen LogP contribution in [0.4, 0.5) is 0 Å². The number of carbonyl (C=O) groups is 1. The van der Waals surface area contributed by atoms with Crippen LogP contribution in [0.2, 0.25) is 0 Å². The average molecular weight is 299 g/mol. The number of nitrogens with one attached hydrogen (secondary N) is 3. The number of amides is 1. The molecule has 3 unspecified atom stereocenters. The van der Waals surface area contributed by atoms with Gasteiger partial charge >= 0.3 is 0 Å². The van der Waals surface area contributed by atoms with E-state index >= 15 is 0 Å². The molecule has 0 aliphatic carbocycles. The van der Waals surface area contributed by atoms with Crippen LogP contribution >= 0.6 is 0 Å². The molecule has 22 heavy (non-hydrogen) atoms. The average Bonchev–Trinajstić information content (AvgIpc) is 3.22. The molecule has 2 fully saturated rings. The lowest BCUT2D eigenvalue weighted by Gasteiger charge is -2.14. The third-order valence-electron chi connectivity index (χ3n) is 4.41. The summed E-state index contributed by atoms with van der Waals surface area (Å²) < 4.78 is 0. The Kier molecular flexibility index (Phi) is 4.56. The van der Waals surface area contributed by atoms with E-state index in [1.807, 2.05) is 18.2 Å². The minimum Gasteiger partial charge on any atom is -0.354 e. The summed E-state index contributed by atoms with van der Waals surface area (Å²) in [6.07, 6.45) is 3.87. The molecule has 2 heterocycles. The third kappa shape index (κ3) is 3.38. The molecule has 1 aromatic carbocycles. The Bertz CT molecular complexity index is 555. The number of benzene rings is 1. The van der Waals surface area contributed by atoms with Gasteiger partial charge < -0.3 is 10.2 Å². The van der Waals surface area contributed by atoms with Crippen LogP contribution in [-0.2, 0) is 4.79 Å². The standard InChI is InChI=1S/C16H21N5O/c17-11-21-7-6-12(10-21)9-18-16(22)15-8-14(19-20-15)13-4-2-1-3-5-13/h1-5,12,14-15,19-20H,6-10H2,(H,18,22). The molecule has 6 nitrogen and oxygen atoms in total. The Labute approximate surface area is 130 Å². The number of nitrogens with zero attached hydrogens (tertiary/aromatic N) is 2. The molecular weight excluding hydrogens is 278 g/mol. The Morgan fingerprint density at radius 1 is 1.36 bits per heavy atom. The zero-order chi connectivity index (χ0) is 15.4. The number of nitriles is 1. The lowest BCUT2D eigenvalue weighted by atomic mass is 10.0. The molecule has 3 atom stereocenters. The van der Waals surface area contributed by atoms with Crippen LogP contribution in [0.15, 0.2) is 30.3 Å². The molecule has 2 aliphatic rings. The molecule has 0 spiro atoms. The first-order chi connectivity index (χ1) is 10.8. The van der Waals surface area contributed by atoms with Gasteiger partial charge in [-0.2, -0.15) is 5.26 Å². The number of likely N-dealkylation sites (tertiary alicyclic amines) is 1. The zero-order valence-electron chi connectivity index (χ0n) is 12.5. The van der Waals surface area contributed by atoms with Crippen LogP contribution in [0.1, 0.15) is 24.4 Å². The van der Waals surface area contributed by atoms with Crippen LogP contribution in [0.5, 0.6) is 0 Å². The summed E-state index contributed by atoms with van der Waals surface area (Å²) >= 11 is 0. The zero-order valence-corrected chi connectivity index (χ0v) is 12.5. The van der Waals surface area contributed by atoms with Crippen molar-refractivity contribution in [3.05, 3.63) is 35.9 Å². The Morgan fingerprint density at radius 2 is 2.18 bits per heavy atom. The van der Waals surface area contributed by atoms with Gasteiger partial charge in [0.15, 0.2) is 6.19 Å². The lowest BCUT2D eigenvalue weighted by molar-refractivity contribution is -0.123. The van der Waals surface area contributed by atoms with E-state index in [0.29, 0.717) is 12.5 Å². The van der Waals surface area contributed by atoms with E-state index in [4.69, 9.17) is 5.26 Å². The van der Waals surface area contributed by atoms with Crippen molar-refractivity contribution in [2.24, 2.45) is 5.92 Å². The van der Waals surface area contributed by atoms with E-state index in [9.17, 15) is 4.79 Å². The van der Waals surface area contributed by atoms with Gasteiger partial charge in [0.25, 0.3) is 0 Å². The van der Waals surface area contributed by atoms with Crippen molar-refractivity contribution < 1.29 is 4.79 Å². The summed E-state index contributed by atoms with van der Waals surface area (Å²) in [4.78, 5) is 14.0. The van der Waals surface area contributed by atoms with Crippen molar-refractivity contribution in [1.29, 1.82) is 5.26 Å². The maximum atomic E-state index is 12.2. The molecule has 6 heteroatoms. The van der Waals surface area contributed by atoms with Crippen molar-refractivity contribution in [3.63, 3.8) is 0 Å². The molecule has 1 amide bonds. The fraction of sp³-hybridized carbons (Fsp3) is 0.500. The second-order valence-corrected chi connectivity index (χ2v) is 5.99. The largest absolute Gasteiger partial charge is 0.354 e. The topological polar surface area (TPSA) is 80.2 Å².